The molecule has 2 aliphatic heterocycles. The molecule has 0 amide bonds. The van der Waals surface area contributed by atoms with Crippen LogP contribution in [0.1, 0.15) is 25.7 Å². The summed E-state index contributed by atoms with van der Waals surface area (Å²) in [6.45, 7) is 2.24. The number of anilines is 2. The lowest BCUT2D eigenvalue weighted by molar-refractivity contribution is -0.116. The highest BCUT2D eigenvalue weighted by Gasteiger charge is 2.31. The first-order chi connectivity index (χ1) is 11.6. The summed E-state index contributed by atoms with van der Waals surface area (Å²) in [5.41, 5.74) is 2.29. The predicted octanol–water partition coefficient (Wildman–Crippen LogP) is 2.75. The molecule has 0 bridgehead atoms. The van der Waals surface area contributed by atoms with E-state index in [0.29, 0.717) is 12.4 Å². The lowest BCUT2D eigenvalue weighted by Crippen LogP contribution is -2.34. The summed E-state index contributed by atoms with van der Waals surface area (Å²) < 4.78 is 0. The number of nitriles is 1. The molecule has 1 aromatic carbocycles. The first-order valence-electron chi connectivity index (χ1n) is 8.60. The van der Waals surface area contributed by atoms with Crippen LogP contribution in [0.2, 0.25) is 0 Å². The zero-order valence-electron chi connectivity index (χ0n) is 14.5. The Labute approximate surface area is 143 Å². The molecule has 0 aromatic heterocycles. The molecule has 3 rings (SSSR count). The molecular formula is C19H24N4O. The number of ketones is 1. The van der Waals surface area contributed by atoms with Crippen LogP contribution < -0.4 is 9.80 Å². The van der Waals surface area contributed by atoms with E-state index in [2.05, 4.69) is 11.0 Å². The number of hydrogen-bond acceptors (Lipinski definition) is 5. The third kappa shape index (κ3) is 3.02. The Kier molecular flexibility index (Phi) is 4.86. The fourth-order valence-corrected chi connectivity index (χ4v) is 3.63. The number of carbonyl (C=O) groups excluding carboxylic acids is 1. The summed E-state index contributed by atoms with van der Waals surface area (Å²) in [5, 5.41) is 9.66. The second-order valence-electron chi connectivity index (χ2n) is 6.53. The summed E-state index contributed by atoms with van der Waals surface area (Å²) in [7, 11) is 3.82. The number of nitrogens with zero attached hydrogens (tertiary/aromatic N) is 4. The zero-order chi connectivity index (χ0) is 17.1. The standard InChI is InChI=1S/C19H24N4O/c1-21-16-9-5-6-10-17(16)22(2)19(21)15(13-20)18(24)14-23-11-7-3-4-8-12-23/h5-6,9-10H,3-4,7-8,11-12,14H2,1-2H3. The Morgan fingerprint density at radius 3 is 2.08 bits per heavy atom. The van der Waals surface area contributed by atoms with Crippen LogP contribution in [0.4, 0.5) is 11.4 Å². The van der Waals surface area contributed by atoms with Crippen molar-refractivity contribution in [1.82, 2.24) is 4.90 Å². The average Bonchev–Trinajstić information content (AvgIpc) is 2.77. The largest absolute Gasteiger partial charge is 0.328 e. The maximum atomic E-state index is 12.8. The van der Waals surface area contributed by atoms with Crippen LogP contribution >= 0.6 is 0 Å². The van der Waals surface area contributed by atoms with E-state index in [-0.39, 0.29) is 11.4 Å². The smallest absolute Gasteiger partial charge is 0.191 e. The van der Waals surface area contributed by atoms with Crippen molar-refractivity contribution in [3.63, 3.8) is 0 Å². The molecule has 1 fully saturated rings. The molecule has 0 radical (unpaired) electrons. The van der Waals surface area contributed by atoms with E-state index in [1.54, 1.807) is 0 Å². The second kappa shape index (κ2) is 7.06. The summed E-state index contributed by atoms with van der Waals surface area (Å²) in [5.74, 6) is 0.597. The number of likely N-dealkylation sites (tertiary alicyclic amines) is 1. The Bertz CT molecular complexity index is 665. The number of carbonyl (C=O) groups is 1. The number of rotatable bonds is 3. The highest BCUT2D eigenvalue weighted by atomic mass is 16.1. The van der Waals surface area contributed by atoms with Gasteiger partial charge in [-0.2, -0.15) is 5.26 Å². The maximum absolute atomic E-state index is 12.8. The molecule has 0 aliphatic carbocycles. The third-order valence-corrected chi connectivity index (χ3v) is 4.92. The number of fused-ring (bicyclic) bond motifs is 1. The SMILES string of the molecule is CN1C(=C(C#N)C(=O)CN2CCCCCC2)N(C)c2ccccc21. The molecule has 5 nitrogen and oxygen atoms in total. The molecule has 1 saturated heterocycles. The minimum atomic E-state index is -0.0825. The molecule has 0 atom stereocenters. The molecule has 126 valence electrons. The monoisotopic (exact) mass is 324 g/mol. The van der Waals surface area contributed by atoms with Crippen molar-refractivity contribution < 1.29 is 4.79 Å². The van der Waals surface area contributed by atoms with Gasteiger partial charge >= 0.3 is 0 Å². The molecule has 0 unspecified atom stereocenters. The van der Waals surface area contributed by atoms with E-state index in [1.807, 2.05) is 48.2 Å². The lowest BCUT2D eigenvalue weighted by Gasteiger charge is -2.22. The molecule has 2 aliphatic rings. The fraction of sp³-hybridized carbons (Fsp3) is 0.474. The van der Waals surface area contributed by atoms with Crippen molar-refractivity contribution >= 4 is 17.2 Å². The molecule has 2 heterocycles. The Balaban J connectivity index is 1.86. The Morgan fingerprint density at radius 2 is 1.58 bits per heavy atom. The molecule has 1 aromatic rings. The zero-order valence-corrected chi connectivity index (χ0v) is 14.5. The maximum Gasteiger partial charge on any atom is 0.191 e. The average molecular weight is 324 g/mol. The van der Waals surface area contributed by atoms with Crippen LogP contribution in [0.5, 0.6) is 0 Å². The lowest BCUT2D eigenvalue weighted by atomic mass is 10.1. The van der Waals surface area contributed by atoms with Gasteiger partial charge in [-0.3, -0.25) is 9.69 Å². The fourth-order valence-electron chi connectivity index (χ4n) is 3.63. The minimum absolute atomic E-state index is 0.0825. The van der Waals surface area contributed by atoms with Crippen molar-refractivity contribution in [3.05, 3.63) is 35.7 Å². The van der Waals surface area contributed by atoms with E-state index in [9.17, 15) is 10.1 Å². The van der Waals surface area contributed by atoms with Gasteiger partial charge in [0.25, 0.3) is 0 Å². The van der Waals surface area contributed by atoms with Gasteiger partial charge in [0.1, 0.15) is 17.5 Å². The van der Waals surface area contributed by atoms with Gasteiger partial charge in [0.15, 0.2) is 5.78 Å². The predicted molar refractivity (Wildman–Crippen MR) is 95.8 cm³/mol. The highest BCUT2D eigenvalue weighted by molar-refractivity contribution is 6.03. The third-order valence-electron chi connectivity index (χ3n) is 4.92. The van der Waals surface area contributed by atoms with Gasteiger partial charge in [0, 0.05) is 14.1 Å². The normalized spacial score (nSPS) is 18.1. The van der Waals surface area contributed by atoms with Gasteiger partial charge in [-0.15, -0.1) is 0 Å². The van der Waals surface area contributed by atoms with E-state index in [0.717, 1.165) is 37.3 Å². The van der Waals surface area contributed by atoms with E-state index >= 15 is 0 Å². The number of benzene rings is 1. The molecule has 0 N–H and O–H groups in total. The number of para-hydroxylation sites is 2. The van der Waals surface area contributed by atoms with Gasteiger partial charge in [0.2, 0.25) is 0 Å². The topological polar surface area (TPSA) is 50.6 Å². The molecular weight excluding hydrogens is 300 g/mol. The Hall–Kier alpha value is -2.32. The summed E-state index contributed by atoms with van der Waals surface area (Å²) in [6.07, 6.45) is 4.74. The number of hydrogen-bond donors (Lipinski definition) is 0. The van der Waals surface area contributed by atoms with Crippen molar-refractivity contribution in [2.45, 2.75) is 25.7 Å². The minimum Gasteiger partial charge on any atom is -0.328 e. The van der Waals surface area contributed by atoms with E-state index in [4.69, 9.17) is 0 Å². The van der Waals surface area contributed by atoms with Crippen LogP contribution in [0, 0.1) is 11.3 Å². The van der Waals surface area contributed by atoms with Crippen LogP contribution in [0.25, 0.3) is 0 Å². The summed E-state index contributed by atoms with van der Waals surface area (Å²) in [4.78, 5) is 18.9. The van der Waals surface area contributed by atoms with Gasteiger partial charge in [0.05, 0.1) is 17.9 Å². The van der Waals surface area contributed by atoms with Crippen LogP contribution in [0.15, 0.2) is 35.7 Å². The van der Waals surface area contributed by atoms with Crippen molar-refractivity contribution in [1.29, 1.82) is 5.26 Å². The first-order valence-corrected chi connectivity index (χ1v) is 8.60. The van der Waals surface area contributed by atoms with Crippen molar-refractivity contribution in [2.24, 2.45) is 0 Å². The molecule has 0 saturated carbocycles. The van der Waals surface area contributed by atoms with E-state index in [1.165, 1.54) is 12.8 Å². The quantitative estimate of drug-likeness (QED) is 0.632. The van der Waals surface area contributed by atoms with Gasteiger partial charge in [-0.05, 0) is 38.1 Å². The molecule has 24 heavy (non-hydrogen) atoms. The summed E-state index contributed by atoms with van der Waals surface area (Å²) in [6, 6.07) is 10.1. The molecule has 0 spiro atoms. The van der Waals surface area contributed by atoms with Gasteiger partial charge < -0.3 is 9.80 Å². The first kappa shape index (κ1) is 16.5. The van der Waals surface area contributed by atoms with Gasteiger partial charge in [-0.1, -0.05) is 25.0 Å². The van der Waals surface area contributed by atoms with E-state index < -0.39 is 0 Å². The van der Waals surface area contributed by atoms with Crippen LogP contribution in [0.3, 0.4) is 0 Å². The number of Topliss-reactive ketones (excluding diaryl/α,β-unsaturated/α-hetero) is 1. The summed E-state index contributed by atoms with van der Waals surface area (Å²) >= 11 is 0. The van der Waals surface area contributed by atoms with Crippen LogP contribution in [-0.4, -0.2) is 44.4 Å². The van der Waals surface area contributed by atoms with Crippen LogP contribution in [-0.2, 0) is 4.79 Å². The van der Waals surface area contributed by atoms with Gasteiger partial charge in [-0.25, -0.2) is 0 Å². The highest BCUT2D eigenvalue weighted by Crippen LogP contribution is 2.40. The second-order valence-corrected chi connectivity index (χ2v) is 6.53. The van der Waals surface area contributed by atoms with Crippen molar-refractivity contribution in [2.75, 3.05) is 43.5 Å². The molecule has 5 heteroatoms. The van der Waals surface area contributed by atoms with Crippen molar-refractivity contribution in [3.8, 4) is 6.07 Å². The Morgan fingerprint density at radius 1 is 1.04 bits per heavy atom.